The minimum Gasteiger partial charge on any atom is -0.311 e. The Morgan fingerprint density at radius 2 is 2.30 bits per heavy atom. The van der Waals surface area contributed by atoms with E-state index in [1.807, 2.05) is 40.2 Å². The van der Waals surface area contributed by atoms with Crippen LogP contribution < -0.4 is 5.32 Å². The molecule has 0 aliphatic rings. The largest absolute Gasteiger partial charge is 0.311 e. The van der Waals surface area contributed by atoms with Gasteiger partial charge in [-0.2, -0.15) is 5.26 Å². The minimum atomic E-state index is 0.732. The number of nitrogens with one attached hydrogen (secondary N) is 1. The summed E-state index contributed by atoms with van der Waals surface area (Å²) in [5, 5.41) is 22.3. The molecule has 3 aromatic rings. The summed E-state index contributed by atoms with van der Waals surface area (Å²) in [6.45, 7) is 1.61. The molecule has 3 heterocycles. The van der Waals surface area contributed by atoms with Crippen molar-refractivity contribution in [1.82, 2.24) is 19.9 Å². The van der Waals surface area contributed by atoms with Crippen LogP contribution in [0.1, 0.15) is 16.3 Å². The highest BCUT2D eigenvalue weighted by Crippen LogP contribution is 2.13. The molecule has 0 unspecified atom stereocenters. The van der Waals surface area contributed by atoms with Crippen LogP contribution in [0.15, 0.2) is 35.8 Å². The van der Waals surface area contributed by atoms with Gasteiger partial charge in [0.1, 0.15) is 11.9 Å². The summed E-state index contributed by atoms with van der Waals surface area (Å²) in [4.78, 5) is 1.17. The van der Waals surface area contributed by atoms with Crippen molar-refractivity contribution in [2.75, 3.05) is 6.54 Å². The van der Waals surface area contributed by atoms with E-state index in [0.717, 1.165) is 36.5 Å². The minimum absolute atomic E-state index is 0.732. The summed E-state index contributed by atoms with van der Waals surface area (Å²) in [6, 6.07) is 9.93. The quantitative estimate of drug-likeness (QED) is 0.727. The van der Waals surface area contributed by atoms with Gasteiger partial charge < -0.3 is 5.32 Å². The Morgan fingerprint density at radius 3 is 3.15 bits per heavy atom. The standard InChI is InChI=1S/C14H13N5S/c15-8-11-7-12(20-10-11)9-16-5-4-14-18-17-13-3-1-2-6-19(13)14/h1-3,6-7,10,16H,4-5,9H2. The monoisotopic (exact) mass is 283 g/mol. The Bertz CT molecular complexity index is 752. The van der Waals surface area contributed by atoms with Crippen molar-refractivity contribution in [3.8, 4) is 6.07 Å². The molecule has 0 spiro atoms. The van der Waals surface area contributed by atoms with Crippen LogP contribution in [0.5, 0.6) is 0 Å². The molecule has 0 radical (unpaired) electrons. The second-order valence-corrected chi connectivity index (χ2v) is 5.38. The summed E-state index contributed by atoms with van der Waals surface area (Å²) in [6.07, 6.45) is 2.80. The van der Waals surface area contributed by atoms with Gasteiger partial charge in [-0.05, 0) is 18.2 Å². The highest BCUT2D eigenvalue weighted by molar-refractivity contribution is 7.10. The van der Waals surface area contributed by atoms with Gasteiger partial charge in [0.2, 0.25) is 0 Å². The lowest BCUT2D eigenvalue weighted by Gasteiger charge is -2.02. The van der Waals surface area contributed by atoms with E-state index in [2.05, 4.69) is 21.6 Å². The number of thiophene rings is 1. The summed E-state index contributed by atoms with van der Waals surface area (Å²) in [5.74, 6) is 0.956. The molecule has 0 atom stereocenters. The summed E-state index contributed by atoms with van der Waals surface area (Å²) in [5.41, 5.74) is 1.61. The molecule has 0 amide bonds. The van der Waals surface area contributed by atoms with E-state index in [-0.39, 0.29) is 0 Å². The molecule has 0 bridgehead atoms. The number of rotatable bonds is 5. The molecular weight excluding hydrogens is 270 g/mol. The van der Waals surface area contributed by atoms with Crippen molar-refractivity contribution >= 4 is 17.0 Å². The maximum Gasteiger partial charge on any atom is 0.160 e. The number of hydrogen-bond donors (Lipinski definition) is 1. The van der Waals surface area contributed by atoms with Crippen molar-refractivity contribution in [2.24, 2.45) is 0 Å². The third-order valence-corrected chi connectivity index (χ3v) is 3.93. The lowest BCUT2D eigenvalue weighted by Crippen LogP contribution is -2.17. The van der Waals surface area contributed by atoms with Crippen LogP contribution >= 0.6 is 11.3 Å². The second-order valence-electron chi connectivity index (χ2n) is 4.39. The molecule has 0 aromatic carbocycles. The van der Waals surface area contributed by atoms with Crippen LogP contribution in [0, 0.1) is 11.3 Å². The molecule has 100 valence electrons. The zero-order valence-corrected chi connectivity index (χ0v) is 11.6. The summed E-state index contributed by atoms with van der Waals surface area (Å²) in [7, 11) is 0. The highest BCUT2D eigenvalue weighted by Gasteiger charge is 2.04. The topological polar surface area (TPSA) is 66.0 Å². The zero-order chi connectivity index (χ0) is 13.8. The first-order chi connectivity index (χ1) is 9.86. The number of pyridine rings is 1. The van der Waals surface area contributed by atoms with Gasteiger partial charge in [0.05, 0.1) is 5.56 Å². The van der Waals surface area contributed by atoms with Gasteiger partial charge in [-0.3, -0.25) is 4.40 Å². The normalized spacial score (nSPS) is 10.8. The van der Waals surface area contributed by atoms with Crippen molar-refractivity contribution < 1.29 is 0 Å². The van der Waals surface area contributed by atoms with Crippen LogP contribution in [-0.4, -0.2) is 21.1 Å². The van der Waals surface area contributed by atoms with Gasteiger partial charge in [0.25, 0.3) is 0 Å². The molecule has 6 heteroatoms. The average Bonchev–Trinajstić information content (AvgIpc) is 3.10. The molecule has 3 aromatic heterocycles. The fraction of sp³-hybridized carbons (Fsp3) is 0.214. The van der Waals surface area contributed by atoms with Gasteiger partial charge >= 0.3 is 0 Å². The van der Waals surface area contributed by atoms with Crippen molar-refractivity contribution in [3.05, 3.63) is 52.1 Å². The van der Waals surface area contributed by atoms with Gasteiger partial charge in [0.15, 0.2) is 5.65 Å². The SMILES string of the molecule is N#Cc1csc(CNCCc2nnc3ccccn23)c1. The fourth-order valence-corrected chi connectivity index (χ4v) is 2.78. The van der Waals surface area contributed by atoms with Gasteiger partial charge in [-0.1, -0.05) is 6.07 Å². The summed E-state index contributed by atoms with van der Waals surface area (Å²) < 4.78 is 2.00. The Balaban J connectivity index is 1.54. The number of nitrogens with zero attached hydrogens (tertiary/aromatic N) is 4. The van der Waals surface area contributed by atoms with E-state index in [0.29, 0.717) is 0 Å². The lowest BCUT2D eigenvalue weighted by atomic mass is 10.3. The van der Waals surface area contributed by atoms with Gasteiger partial charge in [-0.25, -0.2) is 0 Å². The van der Waals surface area contributed by atoms with E-state index >= 15 is 0 Å². The fourth-order valence-electron chi connectivity index (χ4n) is 2.01. The van der Waals surface area contributed by atoms with Crippen LogP contribution in [-0.2, 0) is 13.0 Å². The third-order valence-electron chi connectivity index (χ3n) is 2.99. The average molecular weight is 283 g/mol. The first kappa shape index (κ1) is 12.8. The molecule has 0 aliphatic heterocycles. The highest BCUT2D eigenvalue weighted by atomic mass is 32.1. The second kappa shape index (κ2) is 5.82. The van der Waals surface area contributed by atoms with E-state index < -0.39 is 0 Å². The van der Waals surface area contributed by atoms with Gasteiger partial charge in [0, 0.05) is 36.0 Å². The molecule has 20 heavy (non-hydrogen) atoms. The molecule has 0 saturated carbocycles. The van der Waals surface area contributed by atoms with Gasteiger partial charge in [-0.15, -0.1) is 21.5 Å². The maximum absolute atomic E-state index is 8.77. The number of aromatic nitrogens is 3. The van der Waals surface area contributed by atoms with Crippen molar-refractivity contribution in [2.45, 2.75) is 13.0 Å². The van der Waals surface area contributed by atoms with E-state index in [1.54, 1.807) is 11.3 Å². The molecule has 5 nitrogen and oxygen atoms in total. The van der Waals surface area contributed by atoms with Crippen molar-refractivity contribution in [1.29, 1.82) is 5.26 Å². The van der Waals surface area contributed by atoms with Crippen LogP contribution in [0.2, 0.25) is 0 Å². The van der Waals surface area contributed by atoms with Crippen LogP contribution in [0.3, 0.4) is 0 Å². The maximum atomic E-state index is 8.77. The van der Waals surface area contributed by atoms with E-state index in [9.17, 15) is 0 Å². The van der Waals surface area contributed by atoms with E-state index in [4.69, 9.17) is 5.26 Å². The number of nitriles is 1. The Labute approximate surface area is 120 Å². The first-order valence-corrected chi connectivity index (χ1v) is 7.21. The molecule has 1 N–H and O–H groups in total. The predicted molar refractivity (Wildman–Crippen MR) is 77.4 cm³/mol. The van der Waals surface area contributed by atoms with E-state index in [1.165, 1.54) is 4.88 Å². The third kappa shape index (κ3) is 2.69. The molecule has 0 saturated heterocycles. The zero-order valence-electron chi connectivity index (χ0n) is 10.8. The number of fused-ring (bicyclic) bond motifs is 1. The Kier molecular flexibility index (Phi) is 3.72. The molecular formula is C14H13N5S. The Morgan fingerprint density at radius 1 is 1.35 bits per heavy atom. The first-order valence-electron chi connectivity index (χ1n) is 6.33. The number of hydrogen-bond acceptors (Lipinski definition) is 5. The lowest BCUT2D eigenvalue weighted by molar-refractivity contribution is 0.672. The molecule has 0 aliphatic carbocycles. The Hall–Kier alpha value is -2.23. The smallest absolute Gasteiger partial charge is 0.160 e. The predicted octanol–water partition coefficient (Wildman–Crippen LogP) is 1.99. The molecule has 3 rings (SSSR count). The van der Waals surface area contributed by atoms with Crippen molar-refractivity contribution in [3.63, 3.8) is 0 Å². The summed E-state index contributed by atoms with van der Waals surface area (Å²) >= 11 is 1.61. The van der Waals surface area contributed by atoms with Crippen LogP contribution in [0.4, 0.5) is 0 Å². The molecule has 0 fully saturated rings. The van der Waals surface area contributed by atoms with Crippen LogP contribution in [0.25, 0.3) is 5.65 Å².